The molecule has 4 aliphatic carbocycles. The first-order chi connectivity index (χ1) is 14.7. The van der Waals surface area contributed by atoms with Crippen molar-refractivity contribution in [2.75, 3.05) is 13.1 Å². The van der Waals surface area contributed by atoms with Gasteiger partial charge >= 0.3 is 0 Å². The van der Waals surface area contributed by atoms with E-state index < -0.39 is 5.60 Å². The van der Waals surface area contributed by atoms with Gasteiger partial charge in [0.1, 0.15) is 5.78 Å². The highest BCUT2D eigenvalue weighted by molar-refractivity contribution is 5.83. The SMILES string of the molecule is C[C@H]1CC[C@H]2N(C1)C[C@H]1[C@@H]3C[C@@H]4[C@@H](CC(=O)[C@H]5C[C@@H](O)CC[C@@]54C)[C@@H]3CC[C@@H]1[C@@]2(C)O. The summed E-state index contributed by atoms with van der Waals surface area (Å²) in [6.07, 6.45) is 9.08. The summed E-state index contributed by atoms with van der Waals surface area (Å²) in [5.74, 6) is 4.82. The Morgan fingerprint density at radius 1 is 0.903 bits per heavy atom. The number of aliphatic hydroxyl groups excluding tert-OH is 1. The number of Topliss-reactive ketones (excluding diaryl/α,β-unsaturated/α-hetero) is 1. The third-order valence-corrected chi connectivity index (χ3v) is 11.8. The van der Waals surface area contributed by atoms with Crippen LogP contribution in [0.1, 0.15) is 78.6 Å². The molecule has 4 heteroatoms. The molecule has 0 aromatic carbocycles. The molecule has 31 heavy (non-hydrogen) atoms. The van der Waals surface area contributed by atoms with Crippen molar-refractivity contribution in [3.8, 4) is 0 Å². The Hall–Kier alpha value is -0.450. The number of fused-ring (bicyclic) bond motifs is 8. The molecule has 0 amide bonds. The molecule has 0 radical (unpaired) electrons. The van der Waals surface area contributed by atoms with Crippen LogP contribution in [0.15, 0.2) is 0 Å². The number of hydrogen-bond acceptors (Lipinski definition) is 4. The predicted octanol–water partition coefficient (Wildman–Crippen LogP) is 3.89. The van der Waals surface area contributed by atoms with E-state index in [1.807, 2.05) is 0 Å². The van der Waals surface area contributed by atoms with E-state index >= 15 is 0 Å². The molecule has 0 aromatic heterocycles. The molecule has 4 saturated carbocycles. The molecule has 174 valence electrons. The molecule has 6 aliphatic rings. The van der Waals surface area contributed by atoms with Gasteiger partial charge in [0, 0.05) is 31.5 Å². The van der Waals surface area contributed by atoms with Gasteiger partial charge in [0.2, 0.25) is 0 Å². The van der Waals surface area contributed by atoms with Crippen molar-refractivity contribution in [2.45, 2.75) is 96.3 Å². The van der Waals surface area contributed by atoms with Gasteiger partial charge in [-0.25, -0.2) is 0 Å². The number of carbonyl (C=O) groups excluding carboxylic acids is 1. The highest BCUT2D eigenvalue weighted by atomic mass is 16.3. The standard InChI is InChI=1S/C27H43NO3/c1-15-4-7-25-27(3,31)21-6-5-17-18(20(21)14-28(25)13-15)11-22-19(17)12-24(30)23-10-16(29)8-9-26(22,23)2/h15-23,25,29,31H,4-14H2,1-3H3/t15-,16-,17+,18+,19-,20-,21-,22+,23+,25+,26+,27+/m0/s1. The van der Waals surface area contributed by atoms with Gasteiger partial charge in [-0.1, -0.05) is 13.8 Å². The summed E-state index contributed by atoms with van der Waals surface area (Å²) in [5, 5.41) is 22.1. The molecule has 0 aromatic rings. The lowest BCUT2D eigenvalue weighted by Crippen LogP contribution is -2.67. The third-order valence-electron chi connectivity index (χ3n) is 11.8. The number of hydrogen-bond donors (Lipinski definition) is 2. The minimum Gasteiger partial charge on any atom is -0.393 e. The lowest BCUT2D eigenvalue weighted by Gasteiger charge is -2.59. The number of aliphatic hydroxyl groups is 2. The summed E-state index contributed by atoms with van der Waals surface area (Å²) < 4.78 is 0. The van der Waals surface area contributed by atoms with Gasteiger partial charge in [0.05, 0.1) is 11.7 Å². The van der Waals surface area contributed by atoms with Crippen LogP contribution in [0.4, 0.5) is 0 Å². The number of rotatable bonds is 0. The van der Waals surface area contributed by atoms with E-state index in [9.17, 15) is 15.0 Å². The molecule has 6 rings (SSSR count). The van der Waals surface area contributed by atoms with Crippen molar-refractivity contribution in [1.82, 2.24) is 4.90 Å². The molecular formula is C27H43NO3. The maximum absolute atomic E-state index is 13.2. The highest BCUT2D eigenvalue weighted by Gasteiger charge is 2.64. The second-order valence-electron chi connectivity index (χ2n) is 13.2. The zero-order valence-corrected chi connectivity index (χ0v) is 19.8. The Morgan fingerprint density at radius 3 is 2.52 bits per heavy atom. The fourth-order valence-electron chi connectivity index (χ4n) is 10.4. The second kappa shape index (κ2) is 7.03. The van der Waals surface area contributed by atoms with Gasteiger partial charge in [-0.2, -0.15) is 0 Å². The van der Waals surface area contributed by atoms with E-state index in [-0.39, 0.29) is 17.4 Å². The normalized spacial score (nSPS) is 59.2. The van der Waals surface area contributed by atoms with E-state index in [0.717, 1.165) is 44.6 Å². The molecular weight excluding hydrogens is 386 g/mol. The van der Waals surface area contributed by atoms with Crippen molar-refractivity contribution in [3.63, 3.8) is 0 Å². The minimum atomic E-state index is -0.570. The first-order valence-electron chi connectivity index (χ1n) is 13.4. The summed E-state index contributed by atoms with van der Waals surface area (Å²) in [7, 11) is 0. The molecule has 2 saturated heterocycles. The largest absolute Gasteiger partial charge is 0.393 e. The first-order valence-corrected chi connectivity index (χ1v) is 13.4. The molecule has 2 heterocycles. The van der Waals surface area contributed by atoms with Crippen LogP contribution >= 0.6 is 0 Å². The van der Waals surface area contributed by atoms with Crippen LogP contribution in [0, 0.1) is 52.8 Å². The number of ketones is 1. The van der Waals surface area contributed by atoms with Crippen LogP contribution < -0.4 is 0 Å². The predicted molar refractivity (Wildman–Crippen MR) is 120 cm³/mol. The molecule has 0 bridgehead atoms. The molecule has 2 aliphatic heterocycles. The summed E-state index contributed by atoms with van der Waals surface area (Å²) in [4.78, 5) is 15.9. The summed E-state index contributed by atoms with van der Waals surface area (Å²) in [5.41, 5.74) is -0.482. The maximum Gasteiger partial charge on any atom is 0.136 e. The van der Waals surface area contributed by atoms with E-state index in [0.29, 0.717) is 53.8 Å². The maximum atomic E-state index is 13.2. The van der Waals surface area contributed by atoms with Gasteiger partial charge in [-0.05, 0) is 105 Å². The number of carbonyl (C=O) groups is 1. The van der Waals surface area contributed by atoms with E-state index in [1.165, 1.54) is 25.8 Å². The van der Waals surface area contributed by atoms with Crippen LogP contribution in [-0.2, 0) is 4.79 Å². The van der Waals surface area contributed by atoms with E-state index in [1.54, 1.807) is 0 Å². The Balaban J connectivity index is 1.31. The fraction of sp³-hybridized carbons (Fsp3) is 0.963. The zero-order chi connectivity index (χ0) is 21.7. The van der Waals surface area contributed by atoms with Gasteiger partial charge in [-0.15, -0.1) is 0 Å². The monoisotopic (exact) mass is 429 g/mol. The smallest absolute Gasteiger partial charge is 0.136 e. The topological polar surface area (TPSA) is 60.8 Å². The molecule has 12 atom stereocenters. The van der Waals surface area contributed by atoms with Crippen LogP contribution in [-0.4, -0.2) is 51.7 Å². The van der Waals surface area contributed by atoms with Crippen molar-refractivity contribution < 1.29 is 15.0 Å². The number of piperidine rings is 2. The van der Waals surface area contributed by atoms with Crippen molar-refractivity contribution in [3.05, 3.63) is 0 Å². The summed E-state index contributed by atoms with van der Waals surface area (Å²) in [6, 6.07) is 0.341. The van der Waals surface area contributed by atoms with Gasteiger partial charge in [0.15, 0.2) is 0 Å². The van der Waals surface area contributed by atoms with Crippen molar-refractivity contribution in [1.29, 1.82) is 0 Å². The van der Waals surface area contributed by atoms with Crippen LogP contribution in [0.5, 0.6) is 0 Å². The molecule has 0 spiro atoms. The Labute approximate surface area is 188 Å². The average Bonchev–Trinajstić information content (AvgIpc) is 3.09. The zero-order valence-electron chi connectivity index (χ0n) is 19.8. The van der Waals surface area contributed by atoms with E-state index in [2.05, 4.69) is 25.7 Å². The average molecular weight is 430 g/mol. The minimum absolute atomic E-state index is 0.0789. The molecule has 6 fully saturated rings. The molecule has 4 nitrogen and oxygen atoms in total. The van der Waals surface area contributed by atoms with Crippen molar-refractivity contribution >= 4 is 5.78 Å². The van der Waals surface area contributed by atoms with Crippen LogP contribution in [0.2, 0.25) is 0 Å². The number of nitrogens with zero attached hydrogens (tertiary/aromatic N) is 1. The first kappa shape index (κ1) is 21.1. The van der Waals surface area contributed by atoms with Crippen molar-refractivity contribution in [2.24, 2.45) is 52.8 Å². The lowest BCUT2D eigenvalue weighted by atomic mass is 9.51. The Morgan fingerprint density at radius 2 is 1.71 bits per heavy atom. The van der Waals surface area contributed by atoms with E-state index in [4.69, 9.17) is 0 Å². The Bertz CT molecular complexity index is 751. The van der Waals surface area contributed by atoms with Gasteiger partial charge in [-0.3, -0.25) is 9.69 Å². The molecule has 2 N–H and O–H groups in total. The molecule has 0 unspecified atom stereocenters. The highest BCUT2D eigenvalue weighted by Crippen LogP contribution is 2.66. The fourth-order valence-corrected chi connectivity index (χ4v) is 10.4. The van der Waals surface area contributed by atoms with Gasteiger partial charge in [0.25, 0.3) is 0 Å². The summed E-state index contributed by atoms with van der Waals surface area (Å²) in [6.45, 7) is 9.23. The summed E-state index contributed by atoms with van der Waals surface area (Å²) >= 11 is 0. The quantitative estimate of drug-likeness (QED) is 0.613. The lowest BCUT2D eigenvalue weighted by molar-refractivity contribution is -0.175. The second-order valence-corrected chi connectivity index (χ2v) is 13.2. The third kappa shape index (κ3) is 2.93. The van der Waals surface area contributed by atoms with Crippen LogP contribution in [0.25, 0.3) is 0 Å². The van der Waals surface area contributed by atoms with Gasteiger partial charge < -0.3 is 10.2 Å². The Kier molecular flexibility index (Phi) is 4.78. The van der Waals surface area contributed by atoms with Crippen LogP contribution in [0.3, 0.4) is 0 Å².